The Labute approximate surface area is 128 Å². The van der Waals surface area contributed by atoms with Crippen molar-refractivity contribution in [2.75, 3.05) is 13.1 Å². The van der Waals surface area contributed by atoms with E-state index in [1.807, 2.05) is 0 Å². The van der Waals surface area contributed by atoms with E-state index in [1.54, 1.807) is 4.90 Å². The van der Waals surface area contributed by atoms with Gasteiger partial charge < -0.3 is 10.0 Å². The molecule has 8 heteroatoms. The Balaban J connectivity index is 1.68. The Morgan fingerprint density at radius 2 is 2.14 bits per heavy atom. The molecule has 0 radical (unpaired) electrons. The molecule has 118 valence electrons. The number of thiazole rings is 1. The van der Waals surface area contributed by atoms with E-state index in [4.69, 9.17) is 5.11 Å². The minimum absolute atomic E-state index is 0.0689. The van der Waals surface area contributed by atoms with Crippen LogP contribution < -0.4 is 0 Å². The summed E-state index contributed by atoms with van der Waals surface area (Å²) in [6, 6.07) is 3.48. The lowest BCUT2D eigenvalue weighted by Crippen LogP contribution is -2.53. The summed E-state index contributed by atoms with van der Waals surface area (Å²) in [5.74, 6) is -0.0689. The molecule has 0 spiro atoms. The van der Waals surface area contributed by atoms with E-state index >= 15 is 0 Å². The Morgan fingerprint density at radius 3 is 2.77 bits per heavy atom. The molecule has 1 aromatic carbocycles. The molecule has 1 N–H and O–H groups in total. The predicted molar refractivity (Wildman–Crippen MR) is 75.5 cm³/mol. The average molecular weight is 330 g/mol. The molecule has 4 nitrogen and oxygen atoms in total. The van der Waals surface area contributed by atoms with E-state index in [0.717, 1.165) is 12.1 Å². The number of β-amino-alcohol motifs (C(OH)–C–C–N with tert-alkyl or cyclic N) is 1. The van der Waals surface area contributed by atoms with Gasteiger partial charge in [0, 0.05) is 25.9 Å². The van der Waals surface area contributed by atoms with Gasteiger partial charge in [-0.05, 0) is 18.2 Å². The van der Waals surface area contributed by atoms with Gasteiger partial charge in [0.05, 0.1) is 26.9 Å². The van der Waals surface area contributed by atoms with Gasteiger partial charge in [0.25, 0.3) is 0 Å². The number of likely N-dealkylation sites (tertiary alicyclic amines) is 1. The van der Waals surface area contributed by atoms with Crippen molar-refractivity contribution in [1.29, 1.82) is 0 Å². The number of benzene rings is 1. The lowest BCUT2D eigenvalue weighted by atomic mass is 10.1. The smallest absolute Gasteiger partial charge is 0.389 e. The highest BCUT2D eigenvalue weighted by molar-refractivity contribution is 7.18. The predicted octanol–water partition coefficient (Wildman–Crippen LogP) is 2.45. The third-order valence-electron chi connectivity index (χ3n) is 3.53. The van der Waals surface area contributed by atoms with E-state index in [2.05, 4.69) is 4.98 Å². The van der Waals surface area contributed by atoms with E-state index in [-0.39, 0.29) is 12.3 Å². The standard InChI is InChI=1S/C14H13F3N2O2S/c15-14(16,17)8-1-2-11-10(5-8)18-12(22-11)3-4-13(21)19-6-9(20)7-19/h1-2,5,9,20H,3-4,6-7H2. The number of nitrogens with zero attached hydrogens (tertiary/aromatic N) is 2. The average Bonchev–Trinajstić information content (AvgIpc) is 2.82. The van der Waals surface area contributed by atoms with Crippen LogP contribution in [0.25, 0.3) is 10.2 Å². The zero-order valence-electron chi connectivity index (χ0n) is 11.4. The number of alkyl halides is 3. The Morgan fingerprint density at radius 1 is 1.41 bits per heavy atom. The maximum atomic E-state index is 12.6. The number of aliphatic hydroxyl groups is 1. The highest BCUT2D eigenvalue weighted by atomic mass is 32.1. The zero-order chi connectivity index (χ0) is 15.9. The van der Waals surface area contributed by atoms with Crippen LogP contribution in [0.3, 0.4) is 0 Å². The van der Waals surface area contributed by atoms with Crippen LogP contribution in [0.5, 0.6) is 0 Å². The van der Waals surface area contributed by atoms with Gasteiger partial charge in [0.15, 0.2) is 0 Å². The number of carbonyl (C=O) groups is 1. The first kappa shape index (κ1) is 15.2. The quantitative estimate of drug-likeness (QED) is 0.940. The second-order valence-electron chi connectivity index (χ2n) is 5.24. The molecular weight excluding hydrogens is 317 g/mol. The van der Waals surface area contributed by atoms with Crippen molar-refractivity contribution in [3.05, 3.63) is 28.8 Å². The molecule has 1 aromatic heterocycles. The molecular formula is C14H13F3N2O2S. The van der Waals surface area contributed by atoms with Gasteiger partial charge in [0.2, 0.25) is 5.91 Å². The van der Waals surface area contributed by atoms with Gasteiger partial charge in [-0.3, -0.25) is 4.79 Å². The fraction of sp³-hybridized carbons (Fsp3) is 0.429. The third-order valence-corrected chi connectivity index (χ3v) is 4.62. The number of carbonyl (C=O) groups excluding carboxylic acids is 1. The third kappa shape index (κ3) is 3.07. The minimum atomic E-state index is -4.38. The number of aryl methyl sites for hydroxylation is 1. The van der Waals surface area contributed by atoms with E-state index in [9.17, 15) is 18.0 Å². The van der Waals surface area contributed by atoms with Crippen LogP contribution in [0.2, 0.25) is 0 Å². The number of amides is 1. The lowest BCUT2D eigenvalue weighted by molar-refractivity contribution is -0.141. The van der Waals surface area contributed by atoms with Crippen LogP contribution in [0, 0.1) is 0 Å². The molecule has 3 rings (SSSR count). The summed E-state index contributed by atoms with van der Waals surface area (Å²) < 4.78 is 38.6. The molecule has 0 atom stereocenters. The zero-order valence-corrected chi connectivity index (χ0v) is 12.2. The van der Waals surface area contributed by atoms with Gasteiger partial charge in [-0.25, -0.2) is 4.98 Å². The van der Waals surface area contributed by atoms with Crippen LogP contribution >= 0.6 is 11.3 Å². The van der Waals surface area contributed by atoms with Crippen molar-refractivity contribution >= 4 is 27.5 Å². The first-order chi connectivity index (χ1) is 10.3. The number of aromatic nitrogens is 1. The van der Waals surface area contributed by atoms with Crippen LogP contribution in [0.4, 0.5) is 13.2 Å². The summed E-state index contributed by atoms with van der Waals surface area (Å²) in [5, 5.41) is 9.79. The number of hydrogen-bond acceptors (Lipinski definition) is 4. The van der Waals surface area contributed by atoms with Crippen molar-refractivity contribution < 1.29 is 23.1 Å². The monoisotopic (exact) mass is 330 g/mol. The van der Waals surface area contributed by atoms with Crippen molar-refractivity contribution in [3.8, 4) is 0 Å². The molecule has 22 heavy (non-hydrogen) atoms. The highest BCUT2D eigenvalue weighted by Gasteiger charge is 2.31. The van der Waals surface area contributed by atoms with Crippen LogP contribution in [-0.2, 0) is 17.4 Å². The number of hydrogen-bond donors (Lipinski definition) is 1. The molecule has 2 heterocycles. The first-order valence-corrected chi connectivity index (χ1v) is 7.57. The first-order valence-electron chi connectivity index (χ1n) is 6.75. The molecule has 1 fully saturated rings. The minimum Gasteiger partial charge on any atom is -0.389 e. The topological polar surface area (TPSA) is 53.4 Å². The molecule has 1 saturated heterocycles. The van der Waals surface area contributed by atoms with E-state index in [0.29, 0.717) is 34.7 Å². The maximum absolute atomic E-state index is 12.6. The lowest BCUT2D eigenvalue weighted by Gasteiger charge is -2.35. The normalized spacial score (nSPS) is 16.1. The molecule has 0 saturated carbocycles. The second-order valence-corrected chi connectivity index (χ2v) is 6.36. The number of rotatable bonds is 3. The Kier molecular flexibility index (Phi) is 3.82. The van der Waals surface area contributed by atoms with Crippen LogP contribution in [0.1, 0.15) is 17.0 Å². The SMILES string of the molecule is O=C(CCc1nc2cc(C(F)(F)F)ccc2s1)N1CC(O)C1. The van der Waals surface area contributed by atoms with Crippen LogP contribution in [0.15, 0.2) is 18.2 Å². The van der Waals surface area contributed by atoms with Crippen LogP contribution in [-0.4, -0.2) is 40.1 Å². The Hall–Kier alpha value is -1.67. The van der Waals surface area contributed by atoms with Crippen molar-refractivity contribution in [3.63, 3.8) is 0 Å². The van der Waals surface area contributed by atoms with Gasteiger partial charge >= 0.3 is 6.18 Å². The molecule has 1 amide bonds. The molecule has 0 unspecified atom stereocenters. The second kappa shape index (κ2) is 5.51. The summed E-state index contributed by atoms with van der Waals surface area (Å²) in [5.41, 5.74) is -0.413. The maximum Gasteiger partial charge on any atom is 0.416 e. The molecule has 1 aliphatic heterocycles. The number of fused-ring (bicyclic) bond motifs is 1. The Bertz CT molecular complexity index is 708. The van der Waals surface area contributed by atoms with Gasteiger partial charge in [0.1, 0.15) is 0 Å². The summed E-state index contributed by atoms with van der Waals surface area (Å²) in [4.78, 5) is 17.5. The summed E-state index contributed by atoms with van der Waals surface area (Å²) in [7, 11) is 0. The van der Waals surface area contributed by atoms with Gasteiger partial charge in [-0.1, -0.05) is 0 Å². The largest absolute Gasteiger partial charge is 0.416 e. The van der Waals surface area contributed by atoms with E-state index in [1.165, 1.54) is 17.4 Å². The highest BCUT2D eigenvalue weighted by Crippen LogP contribution is 2.33. The van der Waals surface area contributed by atoms with Crippen molar-refractivity contribution in [1.82, 2.24) is 9.88 Å². The van der Waals surface area contributed by atoms with Gasteiger partial charge in [-0.15, -0.1) is 11.3 Å². The summed E-state index contributed by atoms with van der Waals surface area (Å²) in [6.45, 7) is 0.710. The van der Waals surface area contributed by atoms with Gasteiger partial charge in [-0.2, -0.15) is 13.2 Å². The molecule has 2 aromatic rings. The number of halogens is 3. The fourth-order valence-electron chi connectivity index (χ4n) is 2.29. The summed E-state index contributed by atoms with van der Waals surface area (Å²) >= 11 is 1.30. The summed E-state index contributed by atoms with van der Waals surface area (Å²) in [6.07, 6.45) is -4.18. The number of aliphatic hydroxyl groups excluding tert-OH is 1. The molecule has 1 aliphatic rings. The van der Waals surface area contributed by atoms with Crippen molar-refractivity contribution in [2.45, 2.75) is 25.1 Å². The fourth-order valence-corrected chi connectivity index (χ4v) is 3.24. The molecule has 0 aliphatic carbocycles. The van der Waals surface area contributed by atoms with E-state index < -0.39 is 17.8 Å². The van der Waals surface area contributed by atoms with Crippen molar-refractivity contribution in [2.24, 2.45) is 0 Å². The molecule has 0 bridgehead atoms.